The number of hydrogen-bond donors (Lipinski definition) is 1. The molecule has 62 valence electrons. The van der Waals surface area contributed by atoms with Gasteiger partial charge in [-0.05, 0) is 12.1 Å². The third kappa shape index (κ3) is 0.812. The molecule has 0 aliphatic rings. The third-order valence-electron chi connectivity index (χ3n) is 1.76. The van der Waals surface area contributed by atoms with Crippen LogP contribution in [0.25, 0.3) is 11.0 Å². The van der Waals surface area contributed by atoms with Gasteiger partial charge in [-0.3, -0.25) is 4.79 Å². The molecule has 0 atom stereocenters. The Morgan fingerprint density at radius 1 is 1.50 bits per heavy atom. The molecule has 0 saturated heterocycles. The number of nitrogens with two attached hydrogens (primary N) is 1. The van der Waals surface area contributed by atoms with Crippen LogP contribution in [0.1, 0.15) is 0 Å². The molecule has 2 rings (SSSR count). The van der Waals surface area contributed by atoms with Crippen molar-refractivity contribution < 1.29 is 4.52 Å². The lowest BCUT2D eigenvalue weighted by Gasteiger charge is -1.88. The molecule has 0 radical (unpaired) electrons. The third-order valence-corrected chi connectivity index (χ3v) is 1.76. The maximum atomic E-state index is 11.3. The van der Waals surface area contributed by atoms with Crippen LogP contribution in [-0.4, -0.2) is 4.74 Å². The van der Waals surface area contributed by atoms with Crippen molar-refractivity contribution >= 4 is 16.7 Å². The number of fused-ring (bicyclic) bond motifs is 1. The first-order valence-electron chi connectivity index (χ1n) is 3.54. The highest BCUT2D eigenvalue weighted by atomic mass is 16.5. The zero-order chi connectivity index (χ0) is 8.72. The molecule has 12 heavy (non-hydrogen) atoms. The van der Waals surface area contributed by atoms with Crippen molar-refractivity contribution in [3.8, 4) is 0 Å². The van der Waals surface area contributed by atoms with E-state index in [1.165, 1.54) is 4.74 Å². The van der Waals surface area contributed by atoms with Gasteiger partial charge in [0.2, 0.25) is 0 Å². The van der Waals surface area contributed by atoms with Crippen molar-refractivity contribution in [3.05, 3.63) is 28.6 Å². The number of hydrogen-bond acceptors (Lipinski definition) is 3. The Hall–Kier alpha value is -1.71. The van der Waals surface area contributed by atoms with E-state index in [0.717, 1.165) is 0 Å². The van der Waals surface area contributed by atoms with Gasteiger partial charge in [0.05, 0.1) is 5.39 Å². The molecule has 1 heterocycles. The van der Waals surface area contributed by atoms with Crippen LogP contribution in [-0.2, 0) is 7.05 Å². The second-order valence-corrected chi connectivity index (χ2v) is 2.65. The first-order valence-corrected chi connectivity index (χ1v) is 3.54. The average molecular weight is 164 g/mol. The van der Waals surface area contributed by atoms with E-state index in [2.05, 4.69) is 0 Å². The number of anilines is 1. The molecular weight excluding hydrogens is 156 g/mol. The standard InChI is InChI=1S/C8H8N2O2/c1-10-8(11)6-3-2-5(9)4-7(6)12-10/h2-4H,9H2,1H3. The van der Waals surface area contributed by atoms with Gasteiger partial charge >= 0.3 is 0 Å². The zero-order valence-electron chi connectivity index (χ0n) is 6.57. The number of nitrogen functional groups attached to an aromatic ring is 1. The topological polar surface area (TPSA) is 61.2 Å². The van der Waals surface area contributed by atoms with Crippen LogP contribution in [0.3, 0.4) is 0 Å². The summed E-state index contributed by atoms with van der Waals surface area (Å²) in [6.45, 7) is 0. The predicted molar refractivity (Wildman–Crippen MR) is 45.9 cm³/mol. The molecule has 0 fully saturated rings. The van der Waals surface area contributed by atoms with Crippen LogP contribution in [0.2, 0.25) is 0 Å². The molecule has 0 saturated carbocycles. The summed E-state index contributed by atoms with van der Waals surface area (Å²) in [6.07, 6.45) is 0. The smallest absolute Gasteiger partial charge is 0.290 e. The van der Waals surface area contributed by atoms with Gasteiger partial charge in [-0.15, -0.1) is 0 Å². The van der Waals surface area contributed by atoms with E-state index in [1.54, 1.807) is 25.2 Å². The molecule has 0 aliphatic carbocycles. The second-order valence-electron chi connectivity index (χ2n) is 2.65. The quantitative estimate of drug-likeness (QED) is 0.583. The Bertz CT molecular complexity index is 481. The van der Waals surface area contributed by atoms with Crippen molar-refractivity contribution in [2.24, 2.45) is 7.05 Å². The Balaban J connectivity index is 2.97. The number of benzene rings is 1. The molecule has 4 heteroatoms. The summed E-state index contributed by atoms with van der Waals surface area (Å²) < 4.78 is 6.29. The zero-order valence-corrected chi connectivity index (χ0v) is 6.57. The summed E-state index contributed by atoms with van der Waals surface area (Å²) >= 11 is 0. The summed E-state index contributed by atoms with van der Waals surface area (Å²) in [5.41, 5.74) is 6.50. The Kier molecular flexibility index (Phi) is 1.24. The molecule has 4 nitrogen and oxygen atoms in total. The van der Waals surface area contributed by atoms with E-state index < -0.39 is 0 Å². The fourth-order valence-corrected chi connectivity index (χ4v) is 1.15. The monoisotopic (exact) mass is 164 g/mol. The van der Waals surface area contributed by atoms with E-state index in [-0.39, 0.29) is 5.56 Å². The number of nitrogens with zero attached hydrogens (tertiary/aromatic N) is 1. The van der Waals surface area contributed by atoms with Crippen molar-refractivity contribution in [2.45, 2.75) is 0 Å². The van der Waals surface area contributed by atoms with Gasteiger partial charge in [0.15, 0.2) is 5.58 Å². The summed E-state index contributed by atoms with van der Waals surface area (Å²) in [7, 11) is 1.57. The molecule has 0 aliphatic heterocycles. The maximum absolute atomic E-state index is 11.3. The molecule has 0 spiro atoms. The van der Waals surface area contributed by atoms with Crippen molar-refractivity contribution in [1.29, 1.82) is 0 Å². The molecule has 2 aromatic rings. The fraction of sp³-hybridized carbons (Fsp3) is 0.125. The molecule has 2 N–H and O–H groups in total. The van der Waals surface area contributed by atoms with Gasteiger partial charge in [0, 0.05) is 18.8 Å². The van der Waals surface area contributed by atoms with E-state index in [4.69, 9.17) is 10.3 Å². The molecule has 1 aromatic heterocycles. The fourth-order valence-electron chi connectivity index (χ4n) is 1.15. The van der Waals surface area contributed by atoms with E-state index >= 15 is 0 Å². The minimum atomic E-state index is -0.134. The van der Waals surface area contributed by atoms with Crippen LogP contribution < -0.4 is 11.3 Å². The van der Waals surface area contributed by atoms with Crippen molar-refractivity contribution in [1.82, 2.24) is 4.74 Å². The Labute approximate surface area is 68.2 Å². The van der Waals surface area contributed by atoms with Crippen LogP contribution in [0.4, 0.5) is 5.69 Å². The summed E-state index contributed by atoms with van der Waals surface area (Å²) in [4.78, 5) is 11.3. The number of aromatic nitrogens is 1. The SMILES string of the molecule is Cn1oc2cc(N)ccc2c1=O. The summed E-state index contributed by atoms with van der Waals surface area (Å²) in [6, 6.07) is 4.98. The highest BCUT2D eigenvalue weighted by Gasteiger charge is 2.05. The van der Waals surface area contributed by atoms with Crippen molar-refractivity contribution in [3.63, 3.8) is 0 Å². The normalized spacial score (nSPS) is 10.8. The average Bonchev–Trinajstić information content (AvgIpc) is 2.28. The Morgan fingerprint density at radius 3 is 3.00 bits per heavy atom. The molecule has 1 aromatic carbocycles. The van der Waals surface area contributed by atoms with Gasteiger partial charge in [-0.25, -0.2) is 0 Å². The first-order chi connectivity index (χ1) is 5.68. The lowest BCUT2D eigenvalue weighted by molar-refractivity contribution is 0.324. The Morgan fingerprint density at radius 2 is 2.25 bits per heavy atom. The lowest BCUT2D eigenvalue weighted by atomic mass is 10.2. The predicted octanol–water partition coefficient (Wildman–Crippen LogP) is 0.714. The number of aryl methyl sites for hydroxylation is 1. The largest absolute Gasteiger partial charge is 0.399 e. The van der Waals surface area contributed by atoms with Gasteiger partial charge in [-0.2, -0.15) is 4.74 Å². The van der Waals surface area contributed by atoms with E-state index in [1.807, 2.05) is 0 Å². The minimum Gasteiger partial charge on any atom is -0.399 e. The van der Waals surface area contributed by atoms with Crippen LogP contribution >= 0.6 is 0 Å². The van der Waals surface area contributed by atoms with Crippen molar-refractivity contribution in [2.75, 3.05) is 5.73 Å². The highest BCUT2D eigenvalue weighted by Crippen LogP contribution is 2.13. The molecule has 0 amide bonds. The van der Waals surface area contributed by atoms with Crippen LogP contribution in [0.15, 0.2) is 27.5 Å². The van der Waals surface area contributed by atoms with E-state index in [0.29, 0.717) is 16.7 Å². The minimum absolute atomic E-state index is 0.134. The summed E-state index contributed by atoms with van der Waals surface area (Å²) in [5, 5.41) is 0.562. The van der Waals surface area contributed by atoms with Gasteiger partial charge in [-0.1, -0.05) is 0 Å². The van der Waals surface area contributed by atoms with Crippen LogP contribution in [0.5, 0.6) is 0 Å². The van der Waals surface area contributed by atoms with Crippen LogP contribution in [0, 0.1) is 0 Å². The molecular formula is C8H8N2O2. The molecule has 0 bridgehead atoms. The van der Waals surface area contributed by atoms with Gasteiger partial charge in [0.1, 0.15) is 0 Å². The lowest BCUT2D eigenvalue weighted by Crippen LogP contribution is -2.08. The van der Waals surface area contributed by atoms with Gasteiger partial charge in [0.25, 0.3) is 5.56 Å². The first kappa shape index (κ1) is 6.97. The molecule has 0 unspecified atom stereocenters. The number of rotatable bonds is 0. The van der Waals surface area contributed by atoms with E-state index in [9.17, 15) is 4.79 Å². The summed E-state index contributed by atoms with van der Waals surface area (Å²) in [5.74, 6) is 0. The maximum Gasteiger partial charge on any atom is 0.290 e. The highest BCUT2D eigenvalue weighted by molar-refractivity contribution is 5.79. The second kappa shape index (κ2) is 2.14. The van der Waals surface area contributed by atoms with Gasteiger partial charge < -0.3 is 10.3 Å².